The van der Waals surface area contributed by atoms with Crippen molar-refractivity contribution in [1.29, 1.82) is 0 Å². The van der Waals surface area contributed by atoms with Gasteiger partial charge < -0.3 is 10.1 Å². The predicted molar refractivity (Wildman–Crippen MR) is 115 cm³/mol. The van der Waals surface area contributed by atoms with Gasteiger partial charge in [-0.05, 0) is 53.9 Å². The molecule has 0 radical (unpaired) electrons. The van der Waals surface area contributed by atoms with Crippen LogP contribution in [0.2, 0.25) is 0 Å². The summed E-state index contributed by atoms with van der Waals surface area (Å²) in [4.78, 5) is 25.7. The van der Waals surface area contributed by atoms with Crippen molar-refractivity contribution in [1.82, 2.24) is 15.8 Å². The lowest BCUT2D eigenvalue weighted by Gasteiger charge is -2.28. The maximum Gasteiger partial charge on any atom is 0.280 e. The van der Waals surface area contributed by atoms with Crippen LogP contribution in [0.3, 0.4) is 0 Å². The first-order valence-corrected chi connectivity index (χ1v) is 9.57. The highest BCUT2D eigenvalue weighted by Crippen LogP contribution is 2.29. The molecule has 0 unspecified atom stereocenters. The number of carbonyl (C=O) groups is 2. The summed E-state index contributed by atoms with van der Waals surface area (Å²) < 4.78 is 5.15. The third kappa shape index (κ3) is 3.64. The summed E-state index contributed by atoms with van der Waals surface area (Å²) in [6.07, 6.45) is 0.732. The quantitative estimate of drug-likeness (QED) is 0.502. The molecule has 3 aromatic carbocycles. The second-order valence-corrected chi connectivity index (χ2v) is 7.03. The fourth-order valence-electron chi connectivity index (χ4n) is 3.39. The highest BCUT2D eigenvalue weighted by molar-refractivity contribution is 7.80. The van der Waals surface area contributed by atoms with Gasteiger partial charge in [-0.25, -0.2) is 0 Å². The van der Waals surface area contributed by atoms with Gasteiger partial charge >= 0.3 is 0 Å². The van der Waals surface area contributed by atoms with Crippen molar-refractivity contribution in [2.24, 2.45) is 0 Å². The Balaban J connectivity index is 1.42. The normalized spacial score (nSPS) is 12.8. The molecule has 1 aliphatic heterocycles. The van der Waals surface area contributed by atoms with Crippen LogP contribution in [-0.4, -0.2) is 35.6 Å². The maximum atomic E-state index is 12.8. The van der Waals surface area contributed by atoms with Crippen molar-refractivity contribution in [2.45, 2.75) is 6.42 Å². The number of hydrogen-bond donors (Lipinski definition) is 2. The molecule has 2 amide bonds. The minimum Gasteiger partial charge on any atom is -0.497 e. The molecule has 7 heteroatoms. The van der Waals surface area contributed by atoms with Gasteiger partial charge in [0.25, 0.3) is 11.8 Å². The molecule has 146 valence electrons. The number of amides is 2. The summed E-state index contributed by atoms with van der Waals surface area (Å²) in [6, 6.07) is 18.6. The molecule has 1 aliphatic rings. The Bertz CT molecular complexity index is 1060. The standard InChI is InChI=1S/C22H19N3O3S/c1-28-16-10-8-14(9-11-16)12-13-23-22(29)24-25-20(26)17-6-2-4-15-5-3-7-18(19(15)17)21(25)27/h2-11H,12-13H2,1H3,(H2,23,24,29). The summed E-state index contributed by atoms with van der Waals surface area (Å²) >= 11 is 5.29. The van der Waals surface area contributed by atoms with E-state index in [2.05, 4.69) is 10.7 Å². The maximum absolute atomic E-state index is 12.8. The fourth-order valence-corrected chi connectivity index (χ4v) is 3.58. The number of carbonyl (C=O) groups excluding carboxylic acids is 2. The third-order valence-corrected chi connectivity index (χ3v) is 5.08. The van der Waals surface area contributed by atoms with Gasteiger partial charge in [0.2, 0.25) is 0 Å². The first-order valence-electron chi connectivity index (χ1n) is 9.16. The number of nitrogens with zero attached hydrogens (tertiary/aromatic N) is 1. The Labute approximate surface area is 173 Å². The average Bonchev–Trinajstić information content (AvgIpc) is 2.75. The van der Waals surface area contributed by atoms with Crippen LogP contribution in [0.5, 0.6) is 5.75 Å². The van der Waals surface area contributed by atoms with Crippen molar-refractivity contribution in [2.75, 3.05) is 13.7 Å². The van der Waals surface area contributed by atoms with Crippen LogP contribution in [0.25, 0.3) is 10.8 Å². The molecule has 4 rings (SSSR count). The number of hydrogen-bond acceptors (Lipinski definition) is 4. The Kier molecular flexibility index (Phi) is 5.14. The zero-order valence-corrected chi connectivity index (χ0v) is 16.6. The third-order valence-electron chi connectivity index (χ3n) is 4.84. The average molecular weight is 405 g/mol. The smallest absolute Gasteiger partial charge is 0.280 e. The number of hydrazine groups is 1. The van der Waals surface area contributed by atoms with Crippen LogP contribution < -0.4 is 15.5 Å². The lowest BCUT2D eigenvalue weighted by atomic mass is 9.95. The van der Waals surface area contributed by atoms with E-state index in [0.29, 0.717) is 23.1 Å². The van der Waals surface area contributed by atoms with Crippen molar-refractivity contribution in [3.63, 3.8) is 0 Å². The number of imide groups is 1. The molecular formula is C22H19N3O3S. The predicted octanol–water partition coefficient (Wildman–Crippen LogP) is 3.07. The van der Waals surface area contributed by atoms with Crippen LogP contribution in [0.4, 0.5) is 0 Å². The molecule has 0 fully saturated rings. The Morgan fingerprint density at radius 1 is 0.966 bits per heavy atom. The highest BCUT2D eigenvalue weighted by atomic mass is 32.1. The molecule has 1 heterocycles. The van der Waals surface area contributed by atoms with Gasteiger partial charge in [0.15, 0.2) is 5.11 Å². The molecular weight excluding hydrogens is 386 g/mol. The van der Waals surface area contributed by atoms with Crippen molar-refractivity contribution < 1.29 is 14.3 Å². The van der Waals surface area contributed by atoms with E-state index < -0.39 is 11.8 Å². The fraction of sp³-hybridized carbons (Fsp3) is 0.136. The van der Waals surface area contributed by atoms with Gasteiger partial charge in [-0.2, -0.15) is 5.01 Å². The van der Waals surface area contributed by atoms with Gasteiger partial charge in [0, 0.05) is 11.9 Å². The van der Waals surface area contributed by atoms with E-state index in [9.17, 15) is 9.59 Å². The van der Waals surface area contributed by atoms with Crippen LogP contribution in [-0.2, 0) is 6.42 Å². The van der Waals surface area contributed by atoms with E-state index in [1.54, 1.807) is 31.4 Å². The number of thiocarbonyl (C=S) groups is 1. The summed E-state index contributed by atoms with van der Waals surface area (Å²) in [5, 5.41) is 5.77. The van der Waals surface area contributed by atoms with Crippen LogP contribution in [0.15, 0.2) is 60.7 Å². The topological polar surface area (TPSA) is 70.7 Å². The van der Waals surface area contributed by atoms with Gasteiger partial charge in [-0.3, -0.25) is 15.0 Å². The molecule has 0 aliphatic carbocycles. The van der Waals surface area contributed by atoms with E-state index >= 15 is 0 Å². The molecule has 0 bridgehead atoms. The minimum atomic E-state index is -0.418. The van der Waals surface area contributed by atoms with Gasteiger partial charge in [-0.15, -0.1) is 0 Å². The number of methoxy groups -OCH3 is 1. The first-order chi connectivity index (χ1) is 14.1. The van der Waals surface area contributed by atoms with Crippen LogP contribution in [0, 0.1) is 0 Å². The first kappa shape index (κ1) is 18.9. The largest absolute Gasteiger partial charge is 0.497 e. The summed E-state index contributed by atoms with van der Waals surface area (Å²) in [6.45, 7) is 0.556. The highest BCUT2D eigenvalue weighted by Gasteiger charge is 2.33. The molecule has 0 saturated carbocycles. The minimum absolute atomic E-state index is 0.215. The van der Waals surface area contributed by atoms with E-state index in [0.717, 1.165) is 28.1 Å². The number of ether oxygens (including phenoxy) is 1. The van der Waals surface area contributed by atoms with E-state index in [-0.39, 0.29) is 5.11 Å². The molecule has 6 nitrogen and oxygen atoms in total. The Morgan fingerprint density at radius 3 is 2.17 bits per heavy atom. The van der Waals surface area contributed by atoms with Crippen LogP contribution >= 0.6 is 12.2 Å². The molecule has 2 N–H and O–H groups in total. The van der Waals surface area contributed by atoms with E-state index in [1.807, 2.05) is 36.4 Å². The lowest BCUT2D eigenvalue weighted by molar-refractivity contribution is 0.0566. The number of benzene rings is 3. The number of nitrogens with one attached hydrogen (secondary N) is 2. The molecule has 29 heavy (non-hydrogen) atoms. The SMILES string of the molecule is COc1ccc(CCNC(=S)NN2C(=O)c3cccc4cccc(c34)C2=O)cc1. The molecule has 0 spiro atoms. The second-order valence-electron chi connectivity index (χ2n) is 6.62. The van der Waals surface area contributed by atoms with E-state index in [4.69, 9.17) is 17.0 Å². The van der Waals surface area contributed by atoms with E-state index in [1.165, 1.54) is 0 Å². The van der Waals surface area contributed by atoms with Crippen LogP contribution in [0.1, 0.15) is 26.3 Å². The summed E-state index contributed by atoms with van der Waals surface area (Å²) in [5.41, 5.74) is 4.81. The zero-order valence-electron chi connectivity index (χ0n) is 15.8. The summed E-state index contributed by atoms with van der Waals surface area (Å²) in [5.74, 6) is -0.0338. The second kappa shape index (κ2) is 7.89. The van der Waals surface area contributed by atoms with Crippen molar-refractivity contribution in [3.05, 3.63) is 77.4 Å². The Morgan fingerprint density at radius 2 is 1.59 bits per heavy atom. The molecule has 3 aromatic rings. The molecule has 0 saturated heterocycles. The molecule has 0 atom stereocenters. The van der Waals surface area contributed by atoms with Gasteiger partial charge in [-0.1, -0.05) is 36.4 Å². The monoisotopic (exact) mass is 405 g/mol. The van der Waals surface area contributed by atoms with Gasteiger partial charge in [0.1, 0.15) is 5.75 Å². The Hall–Kier alpha value is -3.45. The van der Waals surface area contributed by atoms with Crippen molar-refractivity contribution in [3.8, 4) is 5.75 Å². The lowest BCUT2D eigenvalue weighted by Crippen LogP contribution is -2.54. The molecule has 0 aromatic heterocycles. The summed E-state index contributed by atoms with van der Waals surface area (Å²) in [7, 11) is 1.63. The van der Waals surface area contributed by atoms with Crippen molar-refractivity contribution >= 4 is 39.9 Å². The number of rotatable bonds is 5. The zero-order chi connectivity index (χ0) is 20.4. The van der Waals surface area contributed by atoms with Gasteiger partial charge in [0.05, 0.1) is 18.2 Å².